The first-order valence-electron chi connectivity index (χ1n) is 4.03. The van der Waals surface area contributed by atoms with Crippen LogP contribution in [0.1, 0.15) is 26.2 Å². The van der Waals surface area contributed by atoms with Gasteiger partial charge in [-0.15, -0.1) is 0 Å². The quantitative estimate of drug-likeness (QED) is 0.571. The van der Waals surface area contributed by atoms with Crippen molar-refractivity contribution in [2.75, 3.05) is 6.61 Å². The molecule has 0 amide bonds. The molecule has 0 bridgehead atoms. The fourth-order valence-corrected chi connectivity index (χ4v) is 1.63. The van der Waals surface area contributed by atoms with Gasteiger partial charge >= 0.3 is 0 Å². The Balaban J connectivity index is 2.36. The molecule has 2 nitrogen and oxygen atoms in total. The summed E-state index contributed by atoms with van der Waals surface area (Å²) in [5.41, 5.74) is 0. The molecule has 1 rings (SSSR count). The van der Waals surface area contributed by atoms with Crippen LogP contribution in [0.25, 0.3) is 0 Å². The van der Waals surface area contributed by atoms with Crippen molar-refractivity contribution in [3.8, 4) is 0 Å². The standard InChI is InChI=1S/C8H16O2/c1-6-2-3-7(5-9)8(10)4-6/h6-10H,2-5H2,1H3/t6-,7?,8?/m1/s1. The average Bonchev–Trinajstić information content (AvgIpc) is 1.88. The Kier molecular flexibility index (Phi) is 2.69. The first-order chi connectivity index (χ1) is 4.74. The van der Waals surface area contributed by atoms with Gasteiger partial charge in [-0.25, -0.2) is 0 Å². The molecular weight excluding hydrogens is 128 g/mol. The minimum atomic E-state index is -0.256. The molecule has 60 valence electrons. The van der Waals surface area contributed by atoms with Crippen LogP contribution in [0.5, 0.6) is 0 Å². The van der Waals surface area contributed by atoms with Gasteiger partial charge in [-0.3, -0.25) is 0 Å². The van der Waals surface area contributed by atoms with Gasteiger partial charge in [0.1, 0.15) is 0 Å². The van der Waals surface area contributed by atoms with Crippen LogP contribution >= 0.6 is 0 Å². The summed E-state index contributed by atoms with van der Waals surface area (Å²) in [6.45, 7) is 2.30. The average molecular weight is 144 g/mol. The van der Waals surface area contributed by atoms with Crippen molar-refractivity contribution in [2.45, 2.75) is 32.3 Å². The molecule has 2 heteroatoms. The van der Waals surface area contributed by atoms with Crippen LogP contribution in [0.15, 0.2) is 0 Å². The fourth-order valence-electron chi connectivity index (χ4n) is 1.63. The number of aliphatic hydroxyl groups excluding tert-OH is 2. The number of hydrogen-bond acceptors (Lipinski definition) is 2. The maximum Gasteiger partial charge on any atom is 0.0592 e. The molecule has 0 aromatic rings. The Hall–Kier alpha value is -0.0800. The summed E-state index contributed by atoms with van der Waals surface area (Å²) in [6, 6.07) is 0. The predicted molar refractivity (Wildman–Crippen MR) is 39.6 cm³/mol. The van der Waals surface area contributed by atoms with E-state index in [-0.39, 0.29) is 18.6 Å². The van der Waals surface area contributed by atoms with E-state index in [4.69, 9.17) is 5.11 Å². The summed E-state index contributed by atoms with van der Waals surface area (Å²) in [5, 5.41) is 18.2. The van der Waals surface area contributed by atoms with Crippen molar-refractivity contribution in [1.82, 2.24) is 0 Å². The van der Waals surface area contributed by atoms with E-state index in [1.807, 2.05) is 0 Å². The van der Waals surface area contributed by atoms with E-state index in [0.29, 0.717) is 5.92 Å². The lowest BCUT2D eigenvalue weighted by atomic mass is 9.81. The van der Waals surface area contributed by atoms with E-state index in [0.717, 1.165) is 19.3 Å². The van der Waals surface area contributed by atoms with Crippen molar-refractivity contribution < 1.29 is 10.2 Å². The highest BCUT2D eigenvalue weighted by atomic mass is 16.3. The highest BCUT2D eigenvalue weighted by Gasteiger charge is 2.25. The monoisotopic (exact) mass is 144 g/mol. The number of aliphatic hydroxyl groups is 2. The van der Waals surface area contributed by atoms with Crippen LogP contribution in [0.4, 0.5) is 0 Å². The molecule has 0 saturated heterocycles. The van der Waals surface area contributed by atoms with E-state index >= 15 is 0 Å². The molecule has 1 aliphatic rings. The fraction of sp³-hybridized carbons (Fsp3) is 1.00. The van der Waals surface area contributed by atoms with Gasteiger partial charge in [0.25, 0.3) is 0 Å². The molecule has 3 atom stereocenters. The minimum Gasteiger partial charge on any atom is -0.396 e. The first-order valence-corrected chi connectivity index (χ1v) is 4.03. The van der Waals surface area contributed by atoms with Gasteiger partial charge in [0, 0.05) is 12.5 Å². The van der Waals surface area contributed by atoms with Crippen molar-refractivity contribution in [1.29, 1.82) is 0 Å². The molecule has 0 aromatic carbocycles. The molecule has 1 fully saturated rings. The molecular formula is C8H16O2. The molecule has 0 aromatic heterocycles. The Morgan fingerprint density at radius 2 is 2.10 bits per heavy atom. The smallest absolute Gasteiger partial charge is 0.0592 e. The third-order valence-corrected chi connectivity index (χ3v) is 2.45. The van der Waals surface area contributed by atoms with E-state index in [9.17, 15) is 5.11 Å². The number of hydrogen-bond donors (Lipinski definition) is 2. The van der Waals surface area contributed by atoms with Crippen LogP contribution in [0.2, 0.25) is 0 Å². The maximum absolute atomic E-state index is 9.38. The van der Waals surface area contributed by atoms with E-state index in [2.05, 4.69) is 6.92 Å². The predicted octanol–water partition coefficient (Wildman–Crippen LogP) is 0.776. The second kappa shape index (κ2) is 3.35. The normalized spacial score (nSPS) is 41.7. The SMILES string of the molecule is C[C@@H]1CCC(CO)C(O)C1. The second-order valence-electron chi connectivity index (χ2n) is 3.43. The third-order valence-electron chi connectivity index (χ3n) is 2.45. The molecule has 1 aliphatic carbocycles. The zero-order valence-electron chi connectivity index (χ0n) is 6.45. The van der Waals surface area contributed by atoms with Crippen LogP contribution in [-0.4, -0.2) is 22.9 Å². The van der Waals surface area contributed by atoms with Gasteiger partial charge in [-0.1, -0.05) is 13.3 Å². The summed E-state index contributed by atoms with van der Waals surface area (Å²) in [4.78, 5) is 0. The summed E-state index contributed by atoms with van der Waals surface area (Å²) in [6.07, 6.45) is 2.75. The van der Waals surface area contributed by atoms with Gasteiger partial charge in [0.15, 0.2) is 0 Å². The molecule has 0 heterocycles. The lowest BCUT2D eigenvalue weighted by molar-refractivity contribution is 0.0191. The molecule has 0 radical (unpaired) electrons. The zero-order chi connectivity index (χ0) is 7.56. The molecule has 0 aliphatic heterocycles. The molecule has 2 N–H and O–H groups in total. The third kappa shape index (κ3) is 1.70. The van der Waals surface area contributed by atoms with Crippen molar-refractivity contribution in [2.24, 2.45) is 11.8 Å². The van der Waals surface area contributed by atoms with Crippen molar-refractivity contribution in [3.05, 3.63) is 0 Å². The van der Waals surface area contributed by atoms with Gasteiger partial charge in [-0.2, -0.15) is 0 Å². The zero-order valence-corrected chi connectivity index (χ0v) is 6.45. The topological polar surface area (TPSA) is 40.5 Å². The van der Waals surface area contributed by atoms with Crippen LogP contribution in [-0.2, 0) is 0 Å². The van der Waals surface area contributed by atoms with Crippen molar-refractivity contribution >= 4 is 0 Å². The van der Waals surface area contributed by atoms with E-state index in [1.165, 1.54) is 0 Å². The van der Waals surface area contributed by atoms with Gasteiger partial charge in [0.05, 0.1) is 6.10 Å². The number of rotatable bonds is 1. The molecule has 0 spiro atoms. The Morgan fingerprint density at radius 1 is 1.40 bits per heavy atom. The minimum absolute atomic E-state index is 0.147. The lowest BCUT2D eigenvalue weighted by Crippen LogP contribution is -2.30. The molecule has 1 saturated carbocycles. The summed E-state index contributed by atoms with van der Waals surface area (Å²) >= 11 is 0. The Bertz CT molecular complexity index is 103. The first kappa shape index (κ1) is 8.02. The van der Waals surface area contributed by atoms with Crippen LogP contribution < -0.4 is 0 Å². The highest BCUT2D eigenvalue weighted by molar-refractivity contribution is 4.76. The summed E-state index contributed by atoms with van der Waals surface area (Å²) < 4.78 is 0. The Labute approximate surface area is 61.9 Å². The van der Waals surface area contributed by atoms with Crippen LogP contribution in [0.3, 0.4) is 0 Å². The highest BCUT2D eigenvalue weighted by Crippen LogP contribution is 2.27. The maximum atomic E-state index is 9.38. The van der Waals surface area contributed by atoms with Gasteiger partial charge < -0.3 is 10.2 Å². The lowest BCUT2D eigenvalue weighted by Gasteiger charge is -2.29. The van der Waals surface area contributed by atoms with E-state index in [1.54, 1.807) is 0 Å². The second-order valence-corrected chi connectivity index (χ2v) is 3.43. The summed E-state index contributed by atoms with van der Waals surface area (Å²) in [7, 11) is 0. The van der Waals surface area contributed by atoms with Gasteiger partial charge in [0.2, 0.25) is 0 Å². The van der Waals surface area contributed by atoms with Crippen LogP contribution in [0, 0.1) is 11.8 Å². The molecule has 10 heavy (non-hydrogen) atoms. The largest absolute Gasteiger partial charge is 0.396 e. The summed E-state index contributed by atoms with van der Waals surface area (Å²) in [5.74, 6) is 0.786. The van der Waals surface area contributed by atoms with Gasteiger partial charge in [-0.05, 0) is 18.8 Å². The molecule has 2 unspecified atom stereocenters. The van der Waals surface area contributed by atoms with E-state index < -0.39 is 0 Å². The van der Waals surface area contributed by atoms with Crippen molar-refractivity contribution in [3.63, 3.8) is 0 Å². The Morgan fingerprint density at radius 3 is 2.60 bits per heavy atom.